The summed E-state index contributed by atoms with van der Waals surface area (Å²) < 4.78 is 29.4. The van der Waals surface area contributed by atoms with Gasteiger partial charge in [0.25, 0.3) is 5.91 Å². The van der Waals surface area contributed by atoms with Gasteiger partial charge in [0.05, 0.1) is 17.3 Å². The van der Waals surface area contributed by atoms with E-state index in [1.807, 2.05) is 46.8 Å². The third-order valence-corrected chi connectivity index (χ3v) is 6.94. The number of carbonyl (C=O) groups excluding carboxylic acids is 1. The Labute approximate surface area is 204 Å². The highest BCUT2D eigenvalue weighted by molar-refractivity contribution is 6.01. The van der Waals surface area contributed by atoms with E-state index >= 15 is 0 Å². The van der Waals surface area contributed by atoms with E-state index in [2.05, 4.69) is 16.1 Å². The molecule has 1 amide bonds. The normalized spacial score (nSPS) is 17.7. The number of alkyl halides is 2. The molecule has 9 heteroatoms. The van der Waals surface area contributed by atoms with E-state index < -0.39 is 17.6 Å². The van der Waals surface area contributed by atoms with Gasteiger partial charge < -0.3 is 10.1 Å². The largest absolute Gasteiger partial charge is 0.435 e. The van der Waals surface area contributed by atoms with Gasteiger partial charge in [-0.05, 0) is 75.4 Å². The third kappa shape index (κ3) is 6.22. The molecule has 1 aliphatic carbocycles. The minimum absolute atomic E-state index is 0.0602. The van der Waals surface area contributed by atoms with E-state index in [1.165, 1.54) is 18.2 Å². The van der Waals surface area contributed by atoms with Gasteiger partial charge in [0.2, 0.25) is 0 Å². The number of aliphatic imine (C=N–C) groups is 1. The second-order valence-corrected chi connectivity index (χ2v) is 9.76. The van der Waals surface area contributed by atoms with Crippen LogP contribution in [0.3, 0.4) is 0 Å². The summed E-state index contributed by atoms with van der Waals surface area (Å²) >= 11 is 0. The summed E-state index contributed by atoms with van der Waals surface area (Å²) in [4.78, 5) is 23.0. The molecule has 0 bridgehead atoms. The summed E-state index contributed by atoms with van der Waals surface area (Å²) in [7, 11) is 0. The van der Waals surface area contributed by atoms with Crippen molar-refractivity contribution in [2.75, 3.05) is 0 Å². The van der Waals surface area contributed by atoms with Gasteiger partial charge in [-0.2, -0.15) is 8.78 Å². The van der Waals surface area contributed by atoms with Crippen molar-refractivity contribution < 1.29 is 28.4 Å². The molecular weight excluding hydrogens is 456 g/mol. The smallest absolute Gasteiger partial charge is 0.387 e. The summed E-state index contributed by atoms with van der Waals surface area (Å²) in [5, 5.41) is 12.0. The van der Waals surface area contributed by atoms with Crippen molar-refractivity contribution in [2.45, 2.75) is 77.6 Å². The van der Waals surface area contributed by atoms with Crippen molar-refractivity contribution in [1.29, 1.82) is 0 Å². The van der Waals surface area contributed by atoms with Crippen molar-refractivity contribution >= 4 is 17.3 Å². The van der Waals surface area contributed by atoms with Gasteiger partial charge in [0.1, 0.15) is 5.75 Å². The fourth-order valence-corrected chi connectivity index (χ4v) is 4.09. The minimum atomic E-state index is -2.95. The molecule has 3 rings (SSSR count). The molecule has 0 radical (unpaired) electrons. The van der Waals surface area contributed by atoms with Gasteiger partial charge in [-0.3, -0.25) is 19.8 Å². The maximum Gasteiger partial charge on any atom is 0.387 e. The molecule has 1 fully saturated rings. The topological polar surface area (TPSA) is 92.2 Å². The standard InChI is InChI=1S/C26H33F2N3O4/c1-16-14-18(25(2,3)26(4,5)35-31-33)12-13-20(16)29-21-10-7-11-22(21)30-23(32)17-8-6-9-19(15-17)34-24(27)28/h6,8-9,12-15,22,24,31,33H,7,10-11H2,1-5H3,(H,30,32). The number of rotatable bonds is 9. The number of hydrogen-bond donors (Lipinski definition) is 3. The van der Waals surface area contributed by atoms with Crippen LogP contribution in [-0.2, 0) is 10.3 Å². The molecule has 1 aliphatic rings. The van der Waals surface area contributed by atoms with Crippen LogP contribution in [0.25, 0.3) is 0 Å². The number of amides is 1. The van der Waals surface area contributed by atoms with Crippen molar-refractivity contribution in [3.63, 3.8) is 0 Å². The Morgan fingerprint density at radius 2 is 1.91 bits per heavy atom. The lowest BCUT2D eigenvalue weighted by Crippen LogP contribution is -2.47. The van der Waals surface area contributed by atoms with Crippen molar-refractivity contribution in [1.82, 2.24) is 11.0 Å². The first kappa shape index (κ1) is 26.7. The van der Waals surface area contributed by atoms with Crippen LogP contribution in [0, 0.1) is 6.92 Å². The molecular formula is C26H33F2N3O4. The van der Waals surface area contributed by atoms with Crippen molar-refractivity contribution in [2.24, 2.45) is 4.99 Å². The molecule has 0 heterocycles. The second kappa shape index (κ2) is 10.8. The molecule has 2 aromatic rings. The lowest BCUT2D eigenvalue weighted by atomic mass is 9.71. The molecule has 0 spiro atoms. The lowest BCUT2D eigenvalue weighted by Gasteiger charge is -2.40. The molecule has 1 saturated carbocycles. The highest BCUT2D eigenvalue weighted by atomic mass is 19.3. The number of halogens is 2. The number of ether oxygens (including phenoxy) is 1. The molecule has 3 N–H and O–H groups in total. The van der Waals surface area contributed by atoms with Gasteiger partial charge in [-0.25, -0.2) is 0 Å². The van der Waals surface area contributed by atoms with Crippen LogP contribution in [0.5, 0.6) is 5.75 Å². The zero-order valence-corrected chi connectivity index (χ0v) is 20.7. The minimum Gasteiger partial charge on any atom is -0.435 e. The Kier molecular flexibility index (Phi) is 8.25. The Morgan fingerprint density at radius 1 is 1.17 bits per heavy atom. The molecule has 1 unspecified atom stereocenters. The molecule has 0 aromatic heterocycles. The maximum atomic E-state index is 12.8. The molecule has 35 heavy (non-hydrogen) atoms. The van der Waals surface area contributed by atoms with Crippen LogP contribution in [-0.4, -0.2) is 35.1 Å². The first-order valence-electron chi connectivity index (χ1n) is 11.6. The number of nitrogens with zero attached hydrogens (tertiary/aromatic N) is 1. The van der Waals surface area contributed by atoms with Crippen molar-refractivity contribution in [3.05, 3.63) is 59.2 Å². The zero-order chi connectivity index (χ0) is 25.8. The zero-order valence-electron chi connectivity index (χ0n) is 20.7. The first-order valence-corrected chi connectivity index (χ1v) is 11.6. The quantitative estimate of drug-likeness (QED) is 0.398. The molecule has 0 aliphatic heterocycles. The van der Waals surface area contributed by atoms with E-state index in [1.54, 1.807) is 11.7 Å². The number of hydrogen-bond acceptors (Lipinski definition) is 6. The highest BCUT2D eigenvalue weighted by Gasteiger charge is 2.40. The number of nitrogens with one attached hydrogen (secondary N) is 2. The molecule has 190 valence electrons. The van der Waals surface area contributed by atoms with Gasteiger partial charge in [-0.15, -0.1) is 0 Å². The highest BCUT2D eigenvalue weighted by Crippen LogP contribution is 2.38. The van der Waals surface area contributed by atoms with Crippen LogP contribution in [0.2, 0.25) is 0 Å². The average molecular weight is 490 g/mol. The summed E-state index contributed by atoms with van der Waals surface area (Å²) in [5.41, 5.74) is 4.63. The number of benzene rings is 2. The van der Waals surface area contributed by atoms with Crippen LogP contribution in [0.1, 0.15) is 68.4 Å². The van der Waals surface area contributed by atoms with E-state index in [-0.39, 0.29) is 23.3 Å². The van der Waals surface area contributed by atoms with E-state index in [4.69, 9.17) is 15.0 Å². The Balaban J connectivity index is 1.78. The first-order chi connectivity index (χ1) is 16.4. The van der Waals surface area contributed by atoms with Gasteiger partial charge in [0.15, 0.2) is 0 Å². The Hall–Kier alpha value is -2.88. The predicted molar refractivity (Wildman–Crippen MR) is 130 cm³/mol. The monoisotopic (exact) mass is 489 g/mol. The van der Waals surface area contributed by atoms with Gasteiger partial charge in [-0.1, -0.05) is 37.7 Å². The molecule has 7 nitrogen and oxygen atoms in total. The number of carbonyl (C=O) groups is 1. The lowest BCUT2D eigenvalue weighted by molar-refractivity contribution is -0.218. The third-order valence-electron chi connectivity index (χ3n) is 6.94. The van der Waals surface area contributed by atoms with Crippen LogP contribution in [0.15, 0.2) is 47.5 Å². The molecule has 2 aromatic carbocycles. The fourth-order valence-electron chi connectivity index (χ4n) is 4.09. The van der Waals surface area contributed by atoms with Crippen LogP contribution in [0.4, 0.5) is 14.5 Å². The van der Waals surface area contributed by atoms with Crippen LogP contribution >= 0.6 is 0 Å². The molecule has 0 saturated heterocycles. The maximum absolute atomic E-state index is 12.8. The summed E-state index contributed by atoms with van der Waals surface area (Å²) in [6.07, 6.45) is 2.40. The van der Waals surface area contributed by atoms with E-state index in [0.29, 0.717) is 0 Å². The summed E-state index contributed by atoms with van der Waals surface area (Å²) in [6, 6.07) is 11.5. The predicted octanol–water partition coefficient (Wildman–Crippen LogP) is 5.62. The van der Waals surface area contributed by atoms with Crippen LogP contribution < -0.4 is 15.7 Å². The van der Waals surface area contributed by atoms with Gasteiger partial charge in [0, 0.05) is 16.7 Å². The van der Waals surface area contributed by atoms with E-state index in [9.17, 15) is 13.6 Å². The summed E-state index contributed by atoms with van der Waals surface area (Å²) in [5.74, 6) is -0.423. The Morgan fingerprint density at radius 3 is 2.57 bits per heavy atom. The van der Waals surface area contributed by atoms with E-state index in [0.717, 1.165) is 41.8 Å². The second-order valence-electron chi connectivity index (χ2n) is 9.76. The fraction of sp³-hybridized carbons (Fsp3) is 0.462. The number of aryl methyl sites for hydroxylation is 1. The average Bonchev–Trinajstić information content (AvgIpc) is 3.21. The molecule has 1 atom stereocenters. The SMILES string of the molecule is Cc1cc(C(C)(C)C(C)(C)ONO)ccc1N=C1CCCC1NC(=O)c1cccc(OC(F)F)c1. The van der Waals surface area contributed by atoms with Gasteiger partial charge >= 0.3 is 6.61 Å². The Bertz CT molecular complexity index is 1090. The summed E-state index contributed by atoms with van der Waals surface area (Å²) in [6.45, 7) is 6.88. The van der Waals surface area contributed by atoms with Crippen molar-refractivity contribution in [3.8, 4) is 5.75 Å².